The molecule has 0 aliphatic heterocycles. The number of thiophene rings is 1. The zero-order chi connectivity index (χ0) is 17.0. The molecule has 1 heterocycles. The Balaban J connectivity index is 2.32. The molecule has 0 bridgehead atoms. The van der Waals surface area contributed by atoms with E-state index < -0.39 is 22.0 Å². The van der Waals surface area contributed by atoms with Gasteiger partial charge in [-0.2, -0.15) is 0 Å². The van der Waals surface area contributed by atoms with Crippen LogP contribution in [0.2, 0.25) is 0 Å². The van der Waals surface area contributed by atoms with Crippen LogP contribution in [0, 0.1) is 0 Å². The number of carbonyl (C=O) groups excluding carboxylic acids is 1. The topological polar surface area (TPSA) is 81.7 Å². The van der Waals surface area contributed by atoms with Crippen molar-refractivity contribution in [3.63, 3.8) is 0 Å². The number of para-hydroxylation sites is 1. The molecule has 0 saturated carbocycles. The first-order valence-electron chi connectivity index (χ1n) is 6.71. The molecular formula is C15H17NO5S2. The van der Waals surface area contributed by atoms with Crippen molar-refractivity contribution in [2.24, 2.45) is 0 Å². The summed E-state index contributed by atoms with van der Waals surface area (Å²) in [5.74, 6) is -0.0912. The van der Waals surface area contributed by atoms with E-state index in [1.165, 1.54) is 25.7 Å². The minimum atomic E-state index is -3.87. The fourth-order valence-electron chi connectivity index (χ4n) is 2.13. The van der Waals surface area contributed by atoms with E-state index in [0.717, 1.165) is 11.3 Å². The first kappa shape index (κ1) is 17.5. The molecule has 0 fully saturated rings. The third-order valence-electron chi connectivity index (χ3n) is 3.23. The van der Waals surface area contributed by atoms with Crippen LogP contribution in [-0.2, 0) is 14.8 Å². The summed E-state index contributed by atoms with van der Waals surface area (Å²) in [5, 5.41) is 1.54. The van der Waals surface area contributed by atoms with E-state index in [1.54, 1.807) is 31.2 Å². The van der Waals surface area contributed by atoms with Gasteiger partial charge in [0.05, 0.1) is 14.2 Å². The number of esters is 1. The van der Waals surface area contributed by atoms with Gasteiger partial charge in [0.15, 0.2) is 0 Å². The number of hydrogen-bond acceptors (Lipinski definition) is 6. The Morgan fingerprint density at radius 1 is 1.22 bits per heavy atom. The average molecular weight is 355 g/mol. The van der Waals surface area contributed by atoms with Crippen LogP contribution in [-0.4, -0.2) is 28.6 Å². The number of sulfonamides is 1. The Bertz CT molecular complexity index is 798. The zero-order valence-corrected chi connectivity index (χ0v) is 14.5. The highest BCUT2D eigenvalue weighted by atomic mass is 32.2. The minimum Gasteiger partial charge on any atom is -0.496 e. The van der Waals surface area contributed by atoms with Gasteiger partial charge in [0.1, 0.15) is 15.5 Å². The normalized spacial score (nSPS) is 12.7. The first-order valence-corrected chi connectivity index (χ1v) is 9.08. The van der Waals surface area contributed by atoms with E-state index >= 15 is 0 Å². The second-order valence-electron chi connectivity index (χ2n) is 4.69. The number of methoxy groups -OCH3 is 2. The van der Waals surface area contributed by atoms with Gasteiger partial charge in [0.2, 0.25) is 10.0 Å². The second kappa shape index (κ2) is 7.12. The maximum absolute atomic E-state index is 12.6. The van der Waals surface area contributed by atoms with Gasteiger partial charge in [0.25, 0.3) is 0 Å². The number of rotatable bonds is 6. The van der Waals surface area contributed by atoms with Crippen molar-refractivity contribution in [3.05, 3.63) is 46.2 Å². The number of hydrogen-bond donors (Lipinski definition) is 1. The molecule has 0 amide bonds. The lowest BCUT2D eigenvalue weighted by Gasteiger charge is -2.17. The van der Waals surface area contributed by atoms with E-state index in [2.05, 4.69) is 9.46 Å². The number of nitrogens with one attached hydrogen (secondary N) is 1. The van der Waals surface area contributed by atoms with Gasteiger partial charge < -0.3 is 9.47 Å². The molecule has 0 radical (unpaired) electrons. The molecule has 0 aliphatic rings. The fourth-order valence-corrected chi connectivity index (χ4v) is 4.69. The number of benzene rings is 1. The predicted octanol–water partition coefficient (Wildman–Crippen LogP) is 2.58. The summed E-state index contributed by atoms with van der Waals surface area (Å²) in [6, 6.07) is 7.99. The first-order chi connectivity index (χ1) is 10.9. The fraction of sp³-hybridized carbons (Fsp3) is 0.267. The quantitative estimate of drug-likeness (QED) is 0.806. The summed E-state index contributed by atoms with van der Waals surface area (Å²) in [6.07, 6.45) is 0. The van der Waals surface area contributed by atoms with Crippen molar-refractivity contribution in [1.29, 1.82) is 0 Å². The summed E-state index contributed by atoms with van der Waals surface area (Å²) in [5.41, 5.74) is 0.702. The van der Waals surface area contributed by atoms with Gasteiger partial charge in [-0.1, -0.05) is 18.2 Å². The molecule has 1 atom stereocenters. The van der Waals surface area contributed by atoms with Gasteiger partial charge >= 0.3 is 5.97 Å². The largest absolute Gasteiger partial charge is 0.496 e. The molecule has 6 nitrogen and oxygen atoms in total. The van der Waals surface area contributed by atoms with Crippen LogP contribution in [0.3, 0.4) is 0 Å². The Morgan fingerprint density at radius 3 is 2.57 bits per heavy atom. The van der Waals surface area contributed by atoms with Crippen LogP contribution in [0.25, 0.3) is 0 Å². The minimum absolute atomic E-state index is 0.0484. The highest BCUT2D eigenvalue weighted by molar-refractivity contribution is 7.89. The van der Waals surface area contributed by atoms with Crippen LogP contribution < -0.4 is 9.46 Å². The summed E-state index contributed by atoms with van der Waals surface area (Å²) in [7, 11) is -1.14. The number of carbonyl (C=O) groups is 1. The molecule has 1 aromatic carbocycles. The van der Waals surface area contributed by atoms with Crippen molar-refractivity contribution in [2.45, 2.75) is 17.9 Å². The molecule has 1 N–H and O–H groups in total. The van der Waals surface area contributed by atoms with Gasteiger partial charge in [-0.15, -0.1) is 11.3 Å². The monoisotopic (exact) mass is 355 g/mol. The molecule has 2 aromatic rings. The smallest absolute Gasteiger partial charge is 0.349 e. The summed E-state index contributed by atoms with van der Waals surface area (Å²) < 4.78 is 37.5. The molecule has 1 unspecified atom stereocenters. The molecule has 0 aliphatic carbocycles. The van der Waals surface area contributed by atoms with Crippen molar-refractivity contribution >= 4 is 27.3 Å². The highest BCUT2D eigenvalue weighted by Gasteiger charge is 2.27. The van der Waals surface area contributed by atoms with Crippen molar-refractivity contribution in [2.75, 3.05) is 14.2 Å². The molecule has 2 rings (SSSR count). The highest BCUT2D eigenvalue weighted by Crippen LogP contribution is 2.28. The van der Waals surface area contributed by atoms with Gasteiger partial charge in [-0.05, 0) is 24.4 Å². The molecule has 8 heteroatoms. The van der Waals surface area contributed by atoms with Crippen molar-refractivity contribution < 1.29 is 22.7 Å². The van der Waals surface area contributed by atoms with Crippen molar-refractivity contribution in [1.82, 2.24) is 4.72 Å². The van der Waals surface area contributed by atoms with Crippen LogP contribution in [0.4, 0.5) is 0 Å². The second-order valence-corrected chi connectivity index (χ2v) is 7.29. The molecule has 0 saturated heterocycles. The molecule has 124 valence electrons. The lowest BCUT2D eigenvalue weighted by molar-refractivity contribution is 0.0602. The lowest BCUT2D eigenvalue weighted by atomic mass is 10.1. The Morgan fingerprint density at radius 2 is 1.91 bits per heavy atom. The van der Waals surface area contributed by atoms with E-state index in [9.17, 15) is 13.2 Å². The van der Waals surface area contributed by atoms with Gasteiger partial charge in [0, 0.05) is 11.6 Å². The van der Waals surface area contributed by atoms with Gasteiger partial charge in [-0.25, -0.2) is 17.9 Å². The number of ether oxygens (including phenoxy) is 2. The summed E-state index contributed by atoms with van der Waals surface area (Å²) in [4.78, 5) is 11.6. The SMILES string of the molecule is COC(=O)c1sccc1S(=O)(=O)NC(C)c1ccccc1OC. The maximum Gasteiger partial charge on any atom is 0.349 e. The average Bonchev–Trinajstić information content (AvgIpc) is 3.04. The van der Waals surface area contributed by atoms with Crippen molar-refractivity contribution in [3.8, 4) is 5.75 Å². The summed E-state index contributed by atoms with van der Waals surface area (Å²) in [6.45, 7) is 1.71. The van der Waals surface area contributed by atoms with Gasteiger partial charge in [-0.3, -0.25) is 0 Å². The third-order valence-corrected chi connectivity index (χ3v) is 5.83. The Labute approximate surface area is 139 Å². The van der Waals surface area contributed by atoms with Crippen LogP contribution in [0.5, 0.6) is 5.75 Å². The molecule has 0 spiro atoms. The van der Waals surface area contributed by atoms with Crippen LogP contribution >= 0.6 is 11.3 Å². The van der Waals surface area contributed by atoms with E-state index in [4.69, 9.17) is 4.74 Å². The molecule has 1 aromatic heterocycles. The van der Waals surface area contributed by atoms with Crippen LogP contribution in [0.15, 0.2) is 40.6 Å². The Kier molecular flexibility index (Phi) is 5.40. The Hall–Kier alpha value is -1.90. The summed E-state index contributed by atoms with van der Waals surface area (Å²) >= 11 is 1.02. The third kappa shape index (κ3) is 3.72. The predicted molar refractivity (Wildman–Crippen MR) is 87.4 cm³/mol. The van der Waals surface area contributed by atoms with E-state index in [-0.39, 0.29) is 9.77 Å². The standard InChI is InChI=1S/C15H17NO5S2/c1-10(11-6-4-5-7-12(11)20-2)16-23(18,19)13-8-9-22-14(13)15(17)21-3/h4-10,16H,1-3H3. The van der Waals surface area contributed by atoms with E-state index in [0.29, 0.717) is 11.3 Å². The molecule has 23 heavy (non-hydrogen) atoms. The van der Waals surface area contributed by atoms with Crippen LogP contribution in [0.1, 0.15) is 28.2 Å². The zero-order valence-electron chi connectivity index (χ0n) is 12.9. The van der Waals surface area contributed by atoms with E-state index in [1.807, 2.05) is 0 Å². The lowest BCUT2D eigenvalue weighted by Crippen LogP contribution is -2.28. The maximum atomic E-state index is 12.6. The molecular weight excluding hydrogens is 338 g/mol.